The maximum atomic E-state index is 13.1. The zero-order chi connectivity index (χ0) is 23.6. The number of ketones is 1. The van der Waals surface area contributed by atoms with Crippen molar-refractivity contribution in [1.29, 1.82) is 0 Å². The lowest BCUT2D eigenvalue weighted by Gasteiger charge is -2.35. The third kappa shape index (κ3) is 5.75. The molecule has 1 aliphatic heterocycles. The predicted molar refractivity (Wildman–Crippen MR) is 120 cm³/mol. The summed E-state index contributed by atoms with van der Waals surface area (Å²) in [5, 5.41) is 0. The van der Waals surface area contributed by atoms with Gasteiger partial charge in [0, 0.05) is 12.5 Å². The maximum absolute atomic E-state index is 13.1. The first kappa shape index (κ1) is 25.1. The van der Waals surface area contributed by atoms with Crippen LogP contribution in [0.4, 0.5) is 4.39 Å². The number of benzene rings is 1. The van der Waals surface area contributed by atoms with E-state index >= 15 is 0 Å². The molecule has 1 aliphatic rings. The van der Waals surface area contributed by atoms with Gasteiger partial charge in [0.05, 0.1) is 4.90 Å². The van der Waals surface area contributed by atoms with Crippen LogP contribution >= 0.6 is 0 Å². The fourth-order valence-electron chi connectivity index (χ4n) is 3.86. The van der Waals surface area contributed by atoms with Gasteiger partial charge in [-0.15, -0.1) is 0 Å². The van der Waals surface area contributed by atoms with Gasteiger partial charge in [-0.1, -0.05) is 6.92 Å². The van der Waals surface area contributed by atoms with E-state index < -0.39 is 28.4 Å². The van der Waals surface area contributed by atoms with Crippen LogP contribution in [0, 0.1) is 26.7 Å². The van der Waals surface area contributed by atoms with Gasteiger partial charge in [-0.25, -0.2) is 17.5 Å². The van der Waals surface area contributed by atoms with E-state index in [0.29, 0.717) is 24.0 Å². The zero-order valence-electron chi connectivity index (χ0n) is 19.3. The molecule has 0 amide bonds. The van der Waals surface area contributed by atoms with Crippen LogP contribution in [0.25, 0.3) is 0 Å². The quantitative estimate of drug-likeness (QED) is 0.355. The Morgan fingerprint density at radius 3 is 2.52 bits per heavy atom. The first-order valence-electron chi connectivity index (χ1n) is 10.5. The van der Waals surface area contributed by atoms with Crippen molar-refractivity contribution in [2.24, 2.45) is 16.6 Å². The molecule has 0 aromatic heterocycles. The number of nitrogens with two attached hydrogens (primary N) is 1. The SMILES string of the molecule is Cc1c(C)c(S(=O)(=O)NC(N)=NCCC[C@H](C)C(=O)CF)c(C)c2c1OC(C)(C)CC2. The predicted octanol–water partition coefficient (Wildman–Crippen LogP) is 3.26. The second-order valence-electron chi connectivity index (χ2n) is 8.89. The number of nitrogens with one attached hydrogen (secondary N) is 1. The van der Waals surface area contributed by atoms with Crippen LogP contribution < -0.4 is 15.2 Å². The summed E-state index contributed by atoms with van der Waals surface area (Å²) in [4.78, 5) is 15.5. The van der Waals surface area contributed by atoms with E-state index in [1.165, 1.54) is 0 Å². The molecule has 0 saturated heterocycles. The van der Waals surface area contributed by atoms with Gasteiger partial charge < -0.3 is 10.5 Å². The van der Waals surface area contributed by atoms with Gasteiger partial charge in [0.1, 0.15) is 18.0 Å². The Morgan fingerprint density at radius 2 is 1.90 bits per heavy atom. The first-order chi connectivity index (χ1) is 14.3. The third-order valence-electron chi connectivity index (χ3n) is 5.93. The molecule has 31 heavy (non-hydrogen) atoms. The molecule has 1 aromatic rings. The molecular weight excluding hydrogens is 421 g/mol. The van der Waals surface area contributed by atoms with Crippen molar-refractivity contribution in [1.82, 2.24) is 4.72 Å². The summed E-state index contributed by atoms with van der Waals surface area (Å²) in [6.45, 7) is 10.4. The number of rotatable bonds is 8. The van der Waals surface area contributed by atoms with E-state index in [4.69, 9.17) is 10.5 Å². The molecule has 174 valence electrons. The van der Waals surface area contributed by atoms with E-state index in [1.807, 2.05) is 20.8 Å². The topological polar surface area (TPSA) is 111 Å². The highest BCUT2D eigenvalue weighted by atomic mass is 32.2. The summed E-state index contributed by atoms with van der Waals surface area (Å²) in [6, 6.07) is 0. The van der Waals surface area contributed by atoms with Crippen LogP contribution in [0.15, 0.2) is 9.89 Å². The number of carbonyl (C=O) groups excluding carboxylic acids is 1. The minimum absolute atomic E-state index is 0.201. The van der Waals surface area contributed by atoms with Crippen LogP contribution in [-0.2, 0) is 21.2 Å². The number of hydrogen-bond acceptors (Lipinski definition) is 5. The molecule has 0 aliphatic carbocycles. The lowest BCUT2D eigenvalue weighted by Crippen LogP contribution is -2.38. The van der Waals surface area contributed by atoms with E-state index in [2.05, 4.69) is 9.71 Å². The van der Waals surface area contributed by atoms with Crippen LogP contribution in [0.5, 0.6) is 5.75 Å². The number of sulfonamides is 1. The first-order valence-corrected chi connectivity index (χ1v) is 12.0. The summed E-state index contributed by atoms with van der Waals surface area (Å²) in [6.07, 6.45) is 2.49. The number of nitrogens with zero attached hydrogens (tertiary/aromatic N) is 1. The molecular formula is C22H34FN3O4S. The Hall–Kier alpha value is -2.16. The fraction of sp³-hybridized carbons (Fsp3) is 0.636. The summed E-state index contributed by atoms with van der Waals surface area (Å²) in [7, 11) is -3.94. The van der Waals surface area contributed by atoms with Crippen LogP contribution in [0.1, 0.15) is 62.3 Å². The third-order valence-corrected chi connectivity index (χ3v) is 7.56. The second kappa shape index (κ2) is 9.54. The Balaban J connectivity index is 2.21. The number of ether oxygens (including phenoxy) is 1. The fourth-order valence-corrected chi connectivity index (χ4v) is 5.39. The molecule has 0 bridgehead atoms. The number of Topliss-reactive ketones (excluding diaryl/α,β-unsaturated/α-hetero) is 1. The van der Waals surface area contributed by atoms with Crippen molar-refractivity contribution in [3.05, 3.63) is 22.3 Å². The lowest BCUT2D eigenvalue weighted by atomic mass is 9.88. The van der Waals surface area contributed by atoms with Crippen molar-refractivity contribution in [3.8, 4) is 5.75 Å². The Labute approximate surface area is 184 Å². The molecule has 2 rings (SSSR count). The zero-order valence-corrected chi connectivity index (χ0v) is 20.1. The van der Waals surface area contributed by atoms with Crippen LogP contribution in [0.3, 0.4) is 0 Å². The molecule has 7 nitrogen and oxygen atoms in total. The smallest absolute Gasteiger partial charge is 0.264 e. The average molecular weight is 456 g/mol. The van der Waals surface area contributed by atoms with E-state index in [0.717, 1.165) is 29.7 Å². The van der Waals surface area contributed by atoms with Crippen molar-refractivity contribution in [3.63, 3.8) is 0 Å². The van der Waals surface area contributed by atoms with Gasteiger partial charge in [-0.2, -0.15) is 0 Å². The number of halogens is 1. The molecule has 0 unspecified atom stereocenters. The molecule has 0 spiro atoms. The van der Waals surface area contributed by atoms with Crippen LogP contribution in [-0.4, -0.2) is 39.0 Å². The van der Waals surface area contributed by atoms with Gasteiger partial charge in [0.25, 0.3) is 10.0 Å². The molecule has 1 aromatic carbocycles. The number of guanidine groups is 1. The number of hydrogen-bond donors (Lipinski definition) is 2. The van der Waals surface area contributed by atoms with Crippen molar-refractivity contribution >= 4 is 21.8 Å². The summed E-state index contributed by atoms with van der Waals surface area (Å²) in [5.41, 5.74) is 8.51. The van der Waals surface area contributed by atoms with Gasteiger partial charge in [-0.3, -0.25) is 9.79 Å². The highest BCUT2D eigenvalue weighted by Crippen LogP contribution is 2.42. The molecule has 9 heteroatoms. The average Bonchev–Trinajstić information content (AvgIpc) is 2.67. The molecule has 3 N–H and O–H groups in total. The lowest BCUT2D eigenvalue weighted by molar-refractivity contribution is -0.123. The van der Waals surface area contributed by atoms with E-state index in [9.17, 15) is 17.6 Å². The highest BCUT2D eigenvalue weighted by molar-refractivity contribution is 7.90. The monoisotopic (exact) mass is 455 g/mol. The Bertz CT molecular complexity index is 987. The largest absolute Gasteiger partial charge is 0.487 e. The molecule has 0 saturated carbocycles. The summed E-state index contributed by atoms with van der Waals surface area (Å²) < 4.78 is 47.1. The molecule has 0 radical (unpaired) electrons. The Kier molecular flexibility index (Phi) is 7.73. The molecule has 1 atom stereocenters. The number of aliphatic imine (C=N–C) groups is 1. The normalized spacial score (nSPS) is 16.9. The van der Waals surface area contributed by atoms with Crippen LogP contribution in [0.2, 0.25) is 0 Å². The summed E-state index contributed by atoms with van der Waals surface area (Å²) >= 11 is 0. The van der Waals surface area contributed by atoms with Gasteiger partial charge in [0.15, 0.2) is 5.78 Å². The molecule has 1 heterocycles. The number of fused-ring (bicyclic) bond motifs is 1. The number of carbonyl (C=O) groups is 1. The van der Waals surface area contributed by atoms with Gasteiger partial charge in [-0.05, 0) is 82.6 Å². The second-order valence-corrected chi connectivity index (χ2v) is 10.5. The highest BCUT2D eigenvalue weighted by Gasteiger charge is 2.33. The summed E-state index contributed by atoms with van der Waals surface area (Å²) in [5.74, 6) is -0.285. The van der Waals surface area contributed by atoms with E-state index in [-0.39, 0.29) is 23.0 Å². The minimum atomic E-state index is -3.94. The van der Waals surface area contributed by atoms with Crippen molar-refractivity contribution in [2.75, 3.05) is 13.2 Å². The standard InChI is InChI=1S/C22H34FN3O4S/c1-13(18(27)12-23)8-7-11-25-21(24)26-31(28,29)20-15(3)14(2)19-17(16(20)4)9-10-22(5,6)30-19/h13H,7-12H2,1-6H3,(H3,24,25,26)/t13-/m0/s1. The van der Waals surface area contributed by atoms with Gasteiger partial charge >= 0.3 is 0 Å². The number of alkyl halides is 1. The molecule has 0 fully saturated rings. The maximum Gasteiger partial charge on any atom is 0.264 e. The van der Waals surface area contributed by atoms with E-state index in [1.54, 1.807) is 20.8 Å². The van der Waals surface area contributed by atoms with Crippen molar-refractivity contribution in [2.45, 2.75) is 77.7 Å². The Morgan fingerprint density at radius 1 is 1.26 bits per heavy atom. The minimum Gasteiger partial charge on any atom is -0.487 e. The van der Waals surface area contributed by atoms with Gasteiger partial charge in [0.2, 0.25) is 5.96 Å². The van der Waals surface area contributed by atoms with Crippen molar-refractivity contribution < 1.29 is 22.3 Å².